The fraction of sp³-hybridized carbons (Fsp3) is 0.214. The number of hydrogen-bond acceptors (Lipinski definition) is 4. The number of aliphatic hydroxyl groups excluding tert-OH is 1. The minimum absolute atomic E-state index is 0.0446. The van der Waals surface area contributed by atoms with Crippen LogP contribution in [-0.2, 0) is 6.61 Å². The molecule has 0 spiro atoms. The molecule has 2 aromatic rings. The number of pyridine rings is 1. The van der Waals surface area contributed by atoms with E-state index in [4.69, 9.17) is 26.2 Å². The Balaban J connectivity index is 2.13. The van der Waals surface area contributed by atoms with Gasteiger partial charge in [-0.3, -0.25) is 0 Å². The van der Waals surface area contributed by atoms with E-state index < -0.39 is 0 Å². The lowest BCUT2D eigenvalue weighted by molar-refractivity contribution is 0.281. The lowest BCUT2D eigenvalue weighted by Gasteiger charge is -2.09. The van der Waals surface area contributed by atoms with Crippen LogP contribution >= 0.6 is 11.6 Å². The molecule has 0 amide bonds. The molecule has 0 aliphatic carbocycles. The topological polar surface area (TPSA) is 51.6 Å². The molecule has 100 valence electrons. The first-order valence-electron chi connectivity index (χ1n) is 5.89. The van der Waals surface area contributed by atoms with Crippen LogP contribution in [0, 0.1) is 0 Å². The van der Waals surface area contributed by atoms with E-state index in [9.17, 15) is 0 Å². The van der Waals surface area contributed by atoms with E-state index in [-0.39, 0.29) is 6.61 Å². The maximum Gasteiger partial charge on any atom is 0.219 e. The van der Waals surface area contributed by atoms with Gasteiger partial charge in [0.25, 0.3) is 0 Å². The molecule has 0 bridgehead atoms. The van der Waals surface area contributed by atoms with Crippen molar-refractivity contribution in [1.82, 2.24) is 4.98 Å². The highest BCUT2D eigenvalue weighted by molar-refractivity contribution is 6.32. The van der Waals surface area contributed by atoms with Gasteiger partial charge in [-0.05, 0) is 30.7 Å². The fourth-order valence-electron chi connectivity index (χ4n) is 1.50. The molecule has 1 heterocycles. The second-order valence-electron chi connectivity index (χ2n) is 3.79. The van der Waals surface area contributed by atoms with Crippen LogP contribution in [0.1, 0.15) is 12.5 Å². The standard InChI is InChI=1S/C14H14ClNO3/c1-2-18-11-4-5-13(12(15)7-11)19-14-6-3-10(9-17)8-16-14/h3-8,17H,2,9H2,1H3. The molecule has 5 heteroatoms. The van der Waals surface area contributed by atoms with E-state index in [2.05, 4.69) is 4.98 Å². The molecule has 1 N–H and O–H groups in total. The second kappa shape index (κ2) is 6.41. The first kappa shape index (κ1) is 13.6. The van der Waals surface area contributed by atoms with Crippen molar-refractivity contribution in [1.29, 1.82) is 0 Å². The fourth-order valence-corrected chi connectivity index (χ4v) is 1.71. The van der Waals surface area contributed by atoms with E-state index in [1.807, 2.05) is 6.92 Å². The van der Waals surface area contributed by atoms with Crippen molar-refractivity contribution in [3.63, 3.8) is 0 Å². The van der Waals surface area contributed by atoms with Crippen LogP contribution in [0.5, 0.6) is 17.4 Å². The largest absolute Gasteiger partial charge is 0.494 e. The number of aromatic nitrogens is 1. The minimum atomic E-state index is -0.0446. The van der Waals surface area contributed by atoms with Crippen LogP contribution in [0.2, 0.25) is 5.02 Å². The Labute approximate surface area is 116 Å². The zero-order chi connectivity index (χ0) is 13.7. The van der Waals surface area contributed by atoms with Gasteiger partial charge in [0.1, 0.15) is 11.5 Å². The highest BCUT2D eigenvalue weighted by atomic mass is 35.5. The average molecular weight is 280 g/mol. The first-order valence-corrected chi connectivity index (χ1v) is 6.26. The summed E-state index contributed by atoms with van der Waals surface area (Å²) >= 11 is 6.10. The summed E-state index contributed by atoms with van der Waals surface area (Å²) in [4.78, 5) is 4.07. The summed E-state index contributed by atoms with van der Waals surface area (Å²) in [5, 5.41) is 9.38. The van der Waals surface area contributed by atoms with Crippen molar-refractivity contribution in [3.05, 3.63) is 47.1 Å². The summed E-state index contributed by atoms with van der Waals surface area (Å²) in [6.07, 6.45) is 1.55. The predicted octanol–water partition coefficient (Wildman–Crippen LogP) is 3.42. The molecular weight excluding hydrogens is 266 g/mol. The first-order chi connectivity index (χ1) is 9.22. The van der Waals surface area contributed by atoms with Gasteiger partial charge >= 0.3 is 0 Å². The molecule has 0 aliphatic heterocycles. The number of hydrogen-bond donors (Lipinski definition) is 1. The zero-order valence-electron chi connectivity index (χ0n) is 10.5. The third-order valence-electron chi connectivity index (χ3n) is 2.41. The van der Waals surface area contributed by atoms with Gasteiger partial charge in [0.05, 0.1) is 18.2 Å². The van der Waals surface area contributed by atoms with Crippen molar-refractivity contribution in [3.8, 4) is 17.4 Å². The van der Waals surface area contributed by atoms with Gasteiger partial charge in [0, 0.05) is 18.3 Å². The molecule has 0 unspecified atom stereocenters. The molecule has 4 nitrogen and oxygen atoms in total. The maximum atomic E-state index is 8.93. The van der Waals surface area contributed by atoms with Crippen molar-refractivity contribution in [2.24, 2.45) is 0 Å². The Bertz CT molecular complexity index is 543. The molecule has 2 rings (SSSR count). The second-order valence-corrected chi connectivity index (χ2v) is 4.20. The molecule has 0 fully saturated rings. The quantitative estimate of drug-likeness (QED) is 0.911. The smallest absolute Gasteiger partial charge is 0.219 e. The average Bonchev–Trinajstić information content (AvgIpc) is 2.43. The molecule has 0 saturated heterocycles. The van der Waals surface area contributed by atoms with Crippen molar-refractivity contribution in [2.45, 2.75) is 13.5 Å². The molecule has 0 saturated carbocycles. The molecule has 0 radical (unpaired) electrons. The van der Waals surface area contributed by atoms with Crippen LogP contribution in [-0.4, -0.2) is 16.7 Å². The molecule has 1 aromatic carbocycles. The van der Waals surface area contributed by atoms with Crippen LogP contribution in [0.3, 0.4) is 0 Å². The van der Waals surface area contributed by atoms with Crippen molar-refractivity contribution >= 4 is 11.6 Å². The number of nitrogens with zero attached hydrogens (tertiary/aromatic N) is 1. The highest BCUT2D eigenvalue weighted by Crippen LogP contribution is 2.31. The highest BCUT2D eigenvalue weighted by Gasteiger charge is 2.06. The van der Waals surface area contributed by atoms with Crippen molar-refractivity contribution in [2.75, 3.05) is 6.61 Å². The predicted molar refractivity (Wildman–Crippen MR) is 72.9 cm³/mol. The molecule has 0 aliphatic rings. The lowest BCUT2D eigenvalue weighted by atomic mass is 10.3. The zero-order valence-corrected chi connectivity index (χ0v) is 11.2. The molecule has 19 heavy (non-hydrogen) atoms. The maximum absolute atomic E-state index is 8.93. The van der Waals surface area contributed by atoms with Gasteiger partial charge in [-0.25, -0.2) is 4.98 Å². The summed E-state index contributed by atoms with van der Waals surface area (Å²) in [7, 11) is 0. The third-order valence-corrected chi connectivity index (χ3v) is 2.70. The summed E-state index contributed by atoms with van der Waals surface area (Å²) in [6.45, 7) is 2.45. The summed E-state index contributed by atoms with van der Waals surface area (Å²) < 4.78 is 10.9. The number of halogens is 1. The Morgan fingerprint density at radius 3 is 2.68 bits per heavy atom. The van der Waals surface area contributed by atoms with E-state index in [0.717, 1.165) is 5.56 Å². The van der Waals surface area contributed by atoms with Gasteiger partial charge in [-0.2, -0.15) is 0 Å². The summed E-state index contributed by atoms with van der Waals surface area (Å²) in [6, 6.07) is 8.63. The van der Waals surface area contributed by atoms with Crippen LogP contribution in [0.25, 0.3) is 0 Å². The van der Waals surface area contributed by atoms with Gasteiger partial charge in [0.15, 0.2) is 0 Å². The molecule has 0 atom stereocenters. The van der Waals surface area contributed by atoms with E-state index in [1.165, 1.54) is 0 Å². The van der Waals surface area contributed by atoms with Crippen LogP contribution < -0.4 is 9.47 Å². The Morgan fingerprint density at radius 2 is 2.11 bits per heavy atom. The third kappa shape index (κ3) is 3.59. The van der Waals surface area contributed by atoms with Gasteiger partial charge in [-0.15, -0.1) is 0 Å². The summed E-state index contributed by atoms with van der Waals surface area (Å²) in [5.41, 5.74) is 0.727. The SMILES string of the molecule is CCOc1ccc(Oc2ccc(CO)cn2)c(Cl)c1. The van der Waals surface area contributed by atoms with Crippen molar-refractivity contribution < 1.29 is 14.6 Å². The molecular formula is C14H14ClNO3. The van der Waals surface area contributed by atoms with Crippen LogP contribution in [0.4, 0.5) is 0 Å². The van der Waals surface area contributed by atoms with Crippen LogP contribution in [0.15, 0.2) is 36.5 Å². The number of aliphatic hydroxyl groups is 1. The van der Waals surface area contributed by atoms with Gasteiger partial charge in [-0.1, -0.05) is 11.6 Å². The molecule has 1 aromatic heterocycles. The Kier molecular flexibility index (Phi) is 4.60. The lowest BCUT2D eigenvalue weighted by Crippen LogP contribution is -1.93. The monoisotopic (exact) mass is 279 g/mol. The summed E-state index contributed by atoms with van der Waals surface area (Å²) in [5.74, 6) is 1.63. The number of ether oxygens (including phenoxy) is 2. The van der Waals surface area contributed by atoms with E-state index in [1.54, 1.807) is 36.5 Å². The van der Waals surface area contributed by atoms with E-state index >= 15 is 0 Å². The minimum Gasteiger partial charge on any atom is -0.494 e. The normalized spacial score (nSPS) is 10.3. The van der Waals surface area contributed by atoms with Gasteiger partial charge < -0.3 is 14.6 Å². The number of benzene rings is 1. The Morgan fingerprint density at radius 1 is 1.26 bits per heavy atom. The van der Waals surface area contributed by atoms with E-state index in [0.29, 0.717) is 29.0 Å². The number of rotatable bonds is 5. The Hall–Kier alpha value is -1.78. The van der Waals surface area contributed by atoms with Gasteiger partial charge in [0.2, 0.25) is 5.88 Å².